The molecule has 0 aliphatic carbocycles. The van der Waals surface area contributed by atoms with Crippen LogP contribution in [0.15, 0.2) is 32.7 Å². The van der Waals surface area contributed by atoms with Gasteiger partial charge in [-0.2, -0.15) is 0 Å². The lowest BCUT2D eigenvalue weighted by atomic mass is 10.1. The average molecular weight is 276 g/mol. The number of nitrogens with zero attached hydrogens (tertiary/aromatic N) is 1. The molecule has 14 heavy (non-hydrogen) atoms. The molecule has 0 saturated carbocycles. The minimum Gasteiger partial charge on any atom is -0.411 e. The maximum Gasteiger partial charge on any atom is 0.184 e. The predicted molar refractivity (Wildman–Crippen MR) is 54.5 cm³/mol. The highest BCUT2D eigenvalue weighted by atomic mass is 79.9. The molecule has 0 atom stereocenters. The predicted octanol–water partition coefficient (Wildman–Crippen LogP) is 1.41. The third kappa shape index (κ3) is 1.34. The van der Waals surface area contributed by atoms with Crippen LogP contribution in [-0.2, 0) is 9.84 Å². The molecule has 1 aromatic rings. The van der Waals surface area contributed by atoms with Crippen molar-refractivity contribution >= 4 is 31.5 Å². The number of sulfone groups is 1. The van der Waals surface area contributed by atoms with Gasteiger partial charge in [-0.15, -0.1) is 0 Å². The quantitative estimate of drug-likeness (QED) is 0.575. The Morgan fingerprint density at radius 2 is 2.14 bits per heavy atom. The van der Waals surface area contributed by atoms with E-state index in [1.807, 2.05) is 0 Å². The lowest BCUT2D eigenvalue weighted by molar-refractivity contribution is 0.319. The van der Waals surface area contributed by atoms with Crippen LogP contribution in [0.25, 0.3) is 0 Å². The summed E-state index contributed by atoms with van der Waals surface area (Å²) in [6.45, 7) is 0. The van der Waals surface area contributed by atoms with Crippen LogP contribution >= 0.6 is 15.9 Å². The van der Waals surface area contributed by atoms with E-state index in [4.69, 9.17) is 5.21 Å². The molecule has 1 aromatic carbocycles. The Morgan fingerprint density at radius 3 is 2.79 bits per heavy atom. The summed E-state index contributed by atoms with van der Waals surface area (Å²) in [4.78, 5) is 0.222. The van der Waals surface area contributed by atoms with Gasteiger partial charge in [-0.3, -0.25) is 0 Å². The highest BCUT2D eigenvalue weighted by molar-refractivity contribution is 9.10. The van der Waals surface area contributed by atoms with Gasteiger partial charge in [-0.25, -0.2) is 8.42 Å². The Bertz CT molecular complexity index is 521. The second kappa shape index (κ2) is 3.06. The van der Waals surface area contributed by atoms with Crippen molar-refractivity contribution < 1.29 is 13.6 Å². The van der Waals surface area contributed by atoms with Crippen LogP contribution < -0.4 is 0 Å². The number of fused-ring (bicyclic) bond motifs is 1. The van der Waals surface area contributed by atoms with Crippen molar-refractivity contribution in [2.24, 2.45) is 5.16 Å². The summed E-state index contributed by atoms with van der Waals surface area (Å²) in [5.74, 6) is -0.227. The zero-order valence-electron chi connectivity index (χ0n) is 6.94. The van der Waals surface area contributed by atoms with Gasteiger partial charge < -0.3 is 5.21 Å². The second-order valence-electron chi connectivity index (χ2n) is 2.95. The first-order valence-corrected chi connectivity index (χ1v) is 6.23. The fourth-order valence-electron chi connectivity index (χ4n) is 1.41. The van der Waals surface area contributed by atoms with Crippen LogP contribution in [0.2, 0.25) is 0 Å². The number of benzene rings is 1. The van der Waals surface area contributed by atoms with E-state index in [0.29, 0.717) is 10.0 Å². The van der Waals surface area contributed by atoms with E-state index in [1.165, 1.54) is 6.07 Å². The SMILES string of the molecule is O=S1(=O)CC(=NO)c2ccc(Br)cc21. The van der Waals surface area contributed by atoms with Crippen molar-refractivity contribution in [1.82, 2.24) is 0 Å². The molecule has 0 bridgehead atoms. The Kier molecular flexibility index (Phi) is 2.11. The molecule has 0 amide bonds. The molecular formula is C8H6BrNO3S. The third-order valence-electron chi connectivity index (χ3n) is 2.04. The van der Waals surface area contributed by atoms with Crippen LogP contribution in [0.3, 0.4) is 0 Å². The van der Waals surface area contributed by atoms with Crippen LogP contribution in [0.5, 0.6) is 0 Å². The summed E-state index contributed by atoms with van der Waals surface area (Å²) in [7, 11) is -3.31. The van der Waals surface area contributed by atoms with Gasteiger partial charge in [-0.1, -0.05) is 27.2 Å². The van der Waals surface area contributed by atoms with E-state index in [1.54, 1.807) is 12.1 Å². The molecule has 1 aliphatic heterocycles. The van der Waals surface area contributed by atoms with E-state index >= 15 is 0 Å². The van der Waals surface area contributed by atoms with E-state index in [2.05, 4.69) is 21.1 Å². The molecule has 0 radical (unpaired) electrons. The molecule has 0 unspecified atom stereocenters. The summed E-state index contributed by atoms with van der Waals surface area (Å²) in [5, 5.41) is 11.6. The van der Waals surface area contributed by atoms with Gasteiger partial charge in [0.1, 0.15) is 11.5 Å². The largest absolute Gasteiger partial charge is 0.411 e. The van der Waals surface area contributed by atoms with Gasteiger partial charge in [0.15, 0.2) is 9.84 Å². The molecule has 0 fully saturated rings. The topological polar surface area (TPSA) is 66.7 Å². The highest BCUT2D eigenvalue weighted by Gasteiger charge is 2.32. The molecule has 4 nitrogen and oxygen atoms in total. The molecule has 74 valence electrons. The molecular weight excluding hydrogens is 270 g/mol. The molecule has 0 saturated heterocycles. The first-order chi connectivity index (χ1) is 6.54. The normalized spacial score (nSPS) is 21.1. The van der Waals surface area contributed by atoms with Crippen molar-refractivity contribution in [2.75, 3.05) is 5.75 Å². The van der Waals surface area contributed by atoms with Gasteiger partial charge in [-0.05, 0) is 12.1 Å². The van der Waals surface area contributed by atoms with Crippen molar-refractivity contribution in [3.63, 3.8) is 0 Å². The van der Waals surface area contributed by atoms with Crippen LogP contribution in [0, 0.1) is 0 Å². The van der Waals surface area contributed by atoms with E-state index in [9.17, 15) is 8.42 Å². The Labute approximate surface area is 89.3 Å². The van der Waals surface area contributed by atoms with E-state index < -0.39 is 9.84 Å². The Morgan fingerprint density at radius 1 is 1.43 bits per heavy atom. The van der Waals surface area contributed by atoms with Crippen molar-refractivity contribution in [3.05, 3.63) is 28.2 Å². The first kappa shape index (κ1) is 9.67. The molecule has 0 aromatic heterocycles. The summed E-state index contributed by atoms with van der Waals surface area (Å²) in [5.41, 5.74) is 0.684. The fourth-order valence-corrected chi connectivity index (χ4v) is 3.48. The van der Waals surface area contributed by atoms with Crippen molar-refractivity contribution in [3.8, 4) is 0 Å². The Balaban J connectivity index is 2.79. The number of hydrogen-bond donors (Lipinski definition) is 1. The smallest absolute Gasteiger partial charge is 0.184 e. The second-order valence-corrected chi connectivity index (χ2v) is 5.82. The van der Waals surface area contributed by atoms with Crippen molar-refractivity contribution in [2.45, 2.75) is 4.90 Å². The Hall–Kier alpha value is -0.880. The maximum atomic E-state index is 11.6. The zero-order valence-corrected chi connectivity index (χ0v) is 9.34. The molecule has 1 aliphatic rings. The summed E-state index contributed by atoms with van der Waals surface area (Å²) < 4.78 is 23.8. The summed E-state index contributed by atoms with van der Waals surface area (Å²) in [6.07, 6.45) is 0. The van der Waals surface area contributed by atoms with E-state index in [-0.39, 0.29) is 16.4 Å². The minimum absolute atomic E-state index is 0.201. The zero-order chi connectivity index (χ0) is 10.3. The molecule has 0 spiro atoms. The number of oxime groups is 1. The number of rotatable bonds is 0. The van der Waals surface area contributed by atoms with E-state index in [0.717, 1.165) is 0 Å². The maximum absolute atomic E-state index is 11.6. The summed E-state index contributed by atoms with van der Waals surface area (Å²) in [6, 6.07) is 4.85. The molecule has 2 rings (SSSR count). The number of halogens is 1. The number of hydrogen-bond acceptors (Lipinski definition) is 4. The first-order valence-electron chi connectivity index (χ1n) is 3.78. The molecule has 6 heteroatoms. The third-order valence-corrected chi connectivity index (χ3v) is 4.19. The van der Waals surface area contributed by atoms with Gasteiger partial charge in [0.25, 0.3) is 0 Å². The molecule has 1 heterocycles. The van der Waals surface area contributed by atoms with Crippen molar-refractivity contribution in [1.29, 1.82) is 0 Å². The fraction of sp³-hybridized carbons (Fsp3) is 0.125. The van der Waals surface area contributed by atoms with Gasteiger partial charge in [0.2, 0.25) is 0 Å². The monoisotopic (exact) mass is 275 g/mol. The standard InChI is InChI=1S/C8H6BrNO3S/c9-5-1-2-6-7(10-11)4-14(12,13)8(6)3-5/h1-3,11H,4H2. The molecule has 1 N–H and O–H groups in total. The average Bonchev–Trinajstić information content (AvgIpc) is 2.38. The van der Waals surface area contributed by atoms with Crippen LogP contribution in [0.4, 0.5) is 0 Å². The van der Waals surface area contributed by atoms with Crippen LogP contribution in [-0.4, -0.2) is 25.1 Å². The van der Waals surface area contributed by atoms with Crippen LogP contribution in [0.1, 0.15) is 5.56 Å². The minimum atomic E-state index is -3.31. The lowest BCUT2D eigenvalue weighted by Gasteiger charge is -1.97. The highest BCUT2D eigenvalue weighted by Crippen LogP contribution is 2.28. The van der Waals surface area contributed by atoms with Gasteiger partial charge >= 0.3 is 0 Å². The lowest BCUT2D eigenvalue weighted by Crippen LogP contribution is -2.04. The summed E-state index contributed by atoms with van der Waals surface area (Å²) >= 11 is 3.19. The van der Waals surface area contributed by atoms with Gasteiger partial charge in [0, 0.05) is 10.0 Å². The van der Waals surface area contributed by atoms with Gasteiger partial charge in [0.05, 0.1) is 4.90 Å².